The predicted molar refractivity (Wildman–Crippen MR) is 100.0 cm³/mol. The number of carbonyl (C=O) groups excluding carboxylic acids is 1. The molecule has 3 aromatic rings. The minimum absolute atomic E-state index is 0.153. The van der Waals surface area contributed by atoms with Gasteiger partial charge in [-0.25, -0.2) is 0 Å². The topological polar surface area (TPSA) is 37.3 Å². The van der Waals surface area contributed by atoms with E-state index in [9.17, 15) is 4.79 Å². The lowest BCUT2D eigenvalue weighted by Gasteiger charge is -2.19. The van der Waals surface area contributed by atoms with Crippen LogP contribution in [0.5, 0.6) is 0 Å². The smallest absolute Gasteiger partial charge is 0.269 e. The zero-order chi connectivity index (χ0) is 17.1. The summed E-state index contributed by atoms with van der Waals surface area (Å²) < 4.78 is 1.84. The number of nitrogens with zero attached hydrogens (tertiary/aromatic N) is 2. The molecular weight excluding hydrogens is 322 g/mol. The molecule has 0 saturated heterocycles. The van der Waals surface area contributed by atoms with Crippen LogP contribution in [0.4, 0.5) is 5.69 Å². The van der Waals surface area contributed by atoms with Crippen LogP contribution < -0.4 is 10.2 Å². The number of fused-ring (bicyclic) bond motifs is 1. The zero-order valence-electron chi connectivity index (χ0n) is 13.8. The van der Waals surface area contributed by atoms with Crippen LogP contribution in [0, 0.1) is 0 Å². The number of carbonyl (C=O) groups is 1. The molecule has 1 N–H and O–H groups in total. The van der Waals surface area contributed by atoms with Gasteiger partial charge in [-0.05, 0) is 18.2 Å². The Labute approximate surface area is 146 Å². The van der Waals surface area contributed by atoms with Crippen LogP contribution in [0.25, 0.3) is 10.9 Å². The van der Waals surface area contributed by atoms with Gasteiger partial charge >= 0.3 is 0 Å². The molecule has 0 spiro atoms. The van der Waals surface area contributed by atoms with Crippen LogP contribution in [-0.2, 0) is 7.05 Å². The lowest BCUT2D eigenvalue weighted by Crippen LogP contribution is -2.33. The molecule has 2 aromatic carbocycles. The van der Waals surface area contributed by atoms with Crippen molar-refractivity contribution in [2.75, 3.05) is 25.0 Å². The number of para-hydroxylation sites is 2. The second-order valence-electron chi connectivity index (χ2n) is 5.75. The van der Waals surface area contributed by atoms with Crippen molar-refractivity contribution in [3.63, 3.8) is 0 Å². The Bertz CT molecular complexity index is 819. The molecule has 0 unspecified atom stereocenters. The maximum atomic E-state index is 12.5. The summed E-state index contributed by atoms with van der Waals surface area (Å²) in [5.41, 5.74) is 2.57. The van der Waals surface area contributed by atoms with Crippen LogP contribution in [0.3, 0.4) is 0 Å². The molecule has 1 amide bonds. The number of aryl methyl sites for hydroxylation is 1. The molecule has 124 valence electrons. The monoisotopic (exact) mass is 341 g/mol. The molecule has 3 rings (SSSR count). The van der Waals surface area contributed by atoms with E-state index in [1.807, 2.05) is 73.3 Å². The van der Waals surface area contributed by atoms with Gasteiger partial charge in [-0.2, -0.15) is 0 Å². The Morgan fingerprint density at radius 3 is 2.50 bits per heavy atom. The van der Waals surface area contributed by atoms with Gasteiger partial charge < -0.3 is 14.8 Å². The van der Waals surface area contributed by atoms with Crippen molar-refractivity contribution < 1.29 is 4.79 Å². The number of rotatable bonds is 5. The molecule has 0 radical (unpaired) electrons. The molecule has 1 aromatic heterocycles. The Morgan fingerprint density at radius 1 is 1.12 bits per heavy atom. The first kappa shape index (κ1) is 16.4. The number of amides is 1. The van der Waals surface area contributed by atoms with E-state index in [0.717, 1.165) is 23.1 Å². The summed E-state index contributed by atoms with van der Waals surface area (Å²) >= 11 is 6.40. The van der Waals surface area contributed by atoms with Gasteiger partial charge in [-0.3, -0.25) is 4.79 Å². The highest BCUT2D eigenvalue weighted by atomic mass is 35.5. The van der Waals surface area contributed by atoms with E-state index in [2.05, 4.69) is 10.2 Å². The molecule has 0 fully saturated rings. The summed E-state index contributed by atoms with van der Waals surface area (Å²) in [5.74, 6) is -0.153. The minimum atomic E-state index is -0.153. The van der Waals surface area contributed by atoms with Gasteiger partial charge in [0.15, 0.2) is 0 Å². The molecular formula is C19H20ClN3O. The summed E-state index contributed by atoms with van der Waals surface area (Å²) in [5, 5.41) is 4.35. The van der Waals surface area contributed by atoms with E-state index >= 15 is 0 Å². The van der Waals surface area contributed by atoms with Crippen molar-refractivity contribution >= 4 is 34.1 Å². The van der Waals surface area contributed by atoms with E-state index in [1.165, 1.54) is 0 Å². The number of hydrogen-bond donors (Lipinski definition) is 1. The van der Waals surface area contributed by atoms with Gasteiger partial charge in [0, 0.05) is 43.8 Å². The van der Waals surface area contributed by atoms with Gasteiger partial charge in [0.25, 0.3) is 5.91 Å². The third kappa shape index (κ3) is 3.10. The number of benzene rings is 2. The van der Waals surface area contributed by atoms with Crippen LogP contribution in [0.15, 0.2) is 54.6 Å². The summed E-state index contributed by atoms with van der Waals surface area (Å²) in [6.45, 7) is 1.26. The second kappa shape index (κ2) is 6.97. The molecule has 0 aliphatic carbocycles. The predicted octanol–water partition coefficient (Wildman–Crippen LogP) is 3.70. The number of anilines is 1. The maximum Gasteiger partial charge on any atom is 0.269 e. The van der Waals surface area contributed by atoms with Gasteiger partial charge in [0.05, 0.1) is 5.02 Å². The van der Waals surface area contributed by atoms with Crippen LogP contribution in [-0.4, -0.2) is 30.6 Å². The fraction of sp³-hybridized carbons (Fsp3) is 0.211. The first-order chi connectivity index (χ1) is 11.6. The van der Waals surface area contributed by atoms with Crippen molar-refractivity contribution in [3.05, 3.63) is 65.3 Å². The molecule has 0 bridgehead atoms. The normalized spacial score (nSPS) is 10.8. The molecule has 0 aliphatic heterocycles. The van der Waals surface area contributed by atoms with E-state index in [4.69, 9.17) is 11.6 Å². The highest BCUT2D eigenvalue weighted by Crippen LogP contribution is 2.29. The molecule has 24 heavy (non-hydrogen) atoms. The number of aromatic nitrogens is 1. The summed E-state index contributed by atoms with van der Waals surface area (Å²) in [7, 11) is 3.87. The average Bonchev–Trinajstić information content (AvgIpc) is 2.87. The largest absolute Gasteiger partial charge is 0.373 e. The third-order valence-corrected chi connectivity index (χ3v) is 4.57. The van der Waals surface area contributed by atoms with Crippen molar-refractivity contribution in [3.8, 4) is 0 Å². The molecule has 0 atom stereocenters. The Hall–Kier alpha value is -2.46. The standard InChI is InChI=1S/C19H20ClN3O/c1-22(14-8-4-3-5-9-14)13-12-21-19(24)18-17(20)15-10-6-7-11-16(15)23(18)2/h3-11H,12-13H2,1-2H3,(H,21,24). The first-order valence-corrected chi connectivity index (χ1v) is 8.24. The SMILES string of the molecule is CN(CCNC(=O)c1c(Cl)c2ccccc2n1C)c1ccccc1. The average molecular weight is 342 g/mol. The van der Waals surface area contributed by atoms with E-state index in [-0.39, 0.29) is 5.91 Å². The van der Waals surface area contributed by atoms with Crippen molar-refractivity contribution in [1.29, 1.82) is 0 Å². The summed E-state index contributed by atoms with van der Waals surface area (Å²) in [6, 6.07) is 17.8. The number of nitrogens with one attached hydrogen (secondary N) is 1. The molecule has 4 nitrogen and oxygen atoms in total. The zero-order valence-corrected chi connectivity index (χ0v) is 14.5. The Morgan fingerprint density at radius 2 is 1.79 bits per heavy atom. The van der Waals surface area contributed by atoms with Gasteiger partial charge in [0.1, 0.15) is 5.69 Å². The van der Waals surface area contributed by atoms with Gasteiger partial charge in [-0.1, -0.05) is 48.0 Å². The third-order valence-electron chi connectivity index (χ3n) is 4.19. The molecule has 5 heteroatoms. The highest BCUT2D eigenvalue weighted by Gasteiger charge is 2.19. The molecule has 0 aliphatic rings. The lowest BCUT2D eigenvalue weighted by atomic mass is 10.2. The molecule has 0 saturated carbocycles. The number of likely N-dealkylation sites (N-methyl/N-ethyl adjacent to an activating group) is 1. The van der Waals surface area contributed by atoms with E-state index < -0.39 is 0 Å². The summed E-state index contributed by atoms with van der Waals surface area (Å²) in [6.07, 6.45) is 0. The number of hydrogen-bond acceptors (Lipinski definition) is 2. The van der Waals surface area contributed by atoms with Crippen molar-refractivity contribution in [2.24, 2.45) is 7.05 Å². The molecule has 1 heterocycles. The quantitative estimate of drug-likeness (QED) is 0.768. The Balaban J connectivity index is 1.68. The van der Waals surface area contributed by atoms with E-state index in [1.54, 1.807) is 0 Å². The minimum Gasteiger partial charge on any atom is -0.373 e. The second-order valence-corrected chi connectivity index (χ2v) is 6.13. The van der Waals surface area contributed by atoms with Crippen molar-refractivity contribution in [1.82, 2.24) is 9.88 Å². The van der Waals surface area contributed by atoms with Crippen LogP contribution >= 0.6 is 11.6 Å². The fourth-order valence-corrected chi connectivity index (χ4v) is 3.20. The highest BCUT2D eigenvalue weighted by molar-refractivity contribution is 6.38. The first-order valence-electron chi connectivity index (χ1n) is 7.87. The fourth-order valence-electron chi connectivity index (χ4n) is 2.83. The number of halogens is 1. The van der Waals surface area contributed by atoms with Crippen LogP contribution in [0.2, 0.25) is 5.02 Å². The van der Waals surface area contributed by atoms with Gasteiger partial charge in [0.2, 0.25) is 0 Å². The Kier molecular flexibility index (Phi) is 4.76. The summed E-state index contributed by atoms with van der Waals surface area (Å²) in [4.78, 5) is 14.6. The lowest BCUT2D eigenvalue weighted by molar-refractivity contribution is 0.0947. The maximum absolute atomic E-state index is 12.5. The van der Waals surface area contributed by atoms with Crippen molar-refractivity contribution in [2.45, 2.75) is 0 Å². The van der Waals surface area contributed by atoms with Gasteiger partial charge in [-0.15, -0.1) is 0 Å². The van der Waals surface area contributed by atoms with Crippen LogP contribution in [0.1, 0.15) is 10.5 Å². The van der Waals surface area contributed by atoms with E-state index in [0.29, 0.717) is 17.3 Å².